The van der Waals surface area contributed by atoms with Crippen LogP contribution in [-0.2, 0) is 19.9 Å². The van der Waals surface area contributed by atoms with Crippen molar-refractivity contribution in [3.05, 3.63) is 53.1 Å². The number of hydrogen-bond donors (Lipinski definition) is 0. The van der Waals surface area contributed by atoms with Crippen LogP contribution in [0.3, 0.4) is 0 Å². The van der Waals surface area contributed by atoms with Gasteiger partial charge in [-0.05, 0) is 49.8 Å². The average Bonchev–Trinajstić information content (AvgIpc) is 2.98. The summed E-state index contributed by atoms with van der Waals surface area (Å²) in [4.78, 5) is 14.9. The van der Waals surface area contributed by atoms with Crippen LogP contribution < -0.4 is 0 Å². The van der Waals surface area contributed by atoms with Gasteiger partial charge in [-0.25, -0.2) is 4.39 Å². The Morgan fingerprint density at radius 3 is 2.83 bits per heavy atom. The molecule has 1 unspecified atom stereocenters. The van der Waals surface area contributed by atoms with E-state index < -0.39 is 0 Å². The molecule has 1 amide bonds. The minimum Gasteiger partial charge on any atom is -0.334 e. The molecule has 24 heavy (non-hydrogen) atoms. The minimum absolute atomic E-state index is 0.00531. The van der Waals surface area contributed by atoms with Gasteiger partial charge in [0, 0.05) is 19.6 Å². The third-order valence-electron chi connectivity index (χ3n) is 4.81. The molecule has 5 heteroatoms. The smallest absolute Gasteiger partial charge is 0.272 e. The van der Waals surface area contributed by atoms with Crippen molar-refractivity contribution >= 4 is 5.91 Å². The fourth-order valence-corrected chi connectivity index (χ4v) is 3.44. The fourth-order valence-electron chi connectivity index (χ4n) is 3.44. The summed E-state index contributed by atoms with van der Waals surface area (Å²) in [6.07, 6.45) is 4.36. The first-order chi connectivity index (χ1) is 11.6. The minimum atomic E-state index is -0.190. The van der Waals surface area contributed by atoms with E-state index in [1.807, 2.05) is 37.1 Å². The molecule has 1 aromatic heterocycles. The lowest BCUT2D eigenvalue weighted by atomic mass is 9.95. The van der Waals surface area contributed by atoms with E-state index in [0.29, 0.717) is 17.7 Å². The summed E-state index contributed by atoms with van der Waals surface area (Å²) in [6.45, 7) is 2.75. The zero-order valence-electron chi connectivity index (χ0n) is 14.3. The highest BCUT2D eigenvalue weighted by Crippen LogP contribution is 2.24. The number of hydrogen-bond acceptors (Lipinski definition) is 2. The van der Waals surface area contributed by atoms with Crippen molar-refractivity contribution in [2.75, 3.05) is 6.54 Å². The van der Waals surface area contributed by atoms with Crippen LogP contribution >= 0.6 is 0 Å². The van der Waals surface area contributed by atoms with E-state index in [9.17, 15) is 9.18 Å². The lowest BCUT2D eigenvalue weighted by Crippen LogP contribution is -2.45. The number of benzene rings is 1. The molecule has 0 bridgehead atoms. The van der Waals surface area contributed by atoms with Gasteiger partial charge in [0.15, 0.2) is 0 Å². The number of carbonyl (C=O) groups excluding carboxylic acids is 1. The maximum absolute atomic E-state index is 14.0. The van der Waals surface area contributed by atoms with Gasteiger partial charge in [-0.3, -0.25) is 9.48 Å². The van der Waals surface area contributed by atoms with Crippen LogP contribution in [0.25, 0.3) is 0 Å². The quantitative estimate of drug-likeness (QED) is 0.863. The van der Waals surface area contributed by atoms with E-state index in [-0.39, 0.29) is 17.8 Å². The predicted molar refractivity (Wildman–Crippen MR) is 91.4 cm³/mol. The SMILES string of the molecule is CCc1cc(C(=O)N2CCCCC2Cc2ccccc2F)n(C)n1. The third-order valence-corrected chi connectivity index (χ3v) is 4.81. The number of likely N-dealkylation sites (tertiary alicyclic amines) is 1. The topological polar surface area (TPSA) is 38.1 Å². The molecule has 0 saturated carbocycles. The molecule has 4 nitrogen and oxygen atoms in total. The van der Waals surface area contributed by atoms with E-state index in [4.69, 9.17) is 0 Å². The molecule has 0 radical (unpaired) electrons. The first kappa shape index (κ1) is 16.7. The monoisotopic (exact) mass is 329 g/mol. The number of halogens is 1. The van der Waals surface area contributed by atoms with Gasteiger partial charge in [0.05, 0.1) is 5.69 Å². The average molecular weight is 329 g/mol. The molecule has 1 aromatic carbocycles. The Morgan fingerprint density at radius 2 is 2.12 bits per heavy atom. The molecule has 1 fully saturated rings. The van der Waals surface area contributed by atoms with E-state index >= 15 is 0 Å². The number of amides is 1. The maximum atomic E-state index is 14.0. The Hall–Kier alpha value is -2.17. The number of piperidine rings is 1. The maximum Gasteiger partial charge on any atom is 0.272 e. The first-order valence-electron chi connectivity index (χ1n) is 8.67. The third kappa shape index (κ3) is 3.35. The van der Waals surface area contributed by atoms with Crippen LogP contribution in [0.15, 0.2) is 30.3 Å². The van der Waals surface area contributed by atoms with Gasteiger partial charge in [-0.2, -0.15) is 5.10 Å². The Bertz CT molecular complexity index is 725. The summed E-state index contributed by atoms with van der Waals surface area (Å²) in [5.74, 6) is -0.185. The Kier molecular flexibility index (Phi) is 4.97. The van der Waals surface area contributed by atoms with Gasteiger partial charge in [0.1, 0.15) is 11.5 Å². The molecule has 0 aliphatic carbocycles. The van der Waals surface area contributed by atoms with E-state index in [0.717, 1.165) is 37.9 Å². The number of rotatable bonds is 4. The lowest BCUT2D eigenvalue weighted by molar-refractivity contribution is 0.0601. The number of aryl methyl sites for hydroxylation is 2. The van der Waals surface area contributed by atoms with Crippen LogP contribution in [0.4, 0.5) is 4.39 Å². The first-order valence-corrected chi connectivity index (χ1v) is 8.67. The van der Waals surface area contributed by atoms with Crippen molar-refractivity contribution in [2.24, 2.45) is 7.05 Å². The molecule has 0 spiro atoms. The molecule has 2 heterocycles. The van der Waals surface area contributed by atoms with E-state index in [2.05, 4.69) is 5.10 Å². The lowest BCUT2D eigenvalue weighted by Gasteiger charge is -2.36. The summed E-state index contributed by atoms with van der Waals surface area (Å²) in [5, 5.41) is 4.38. The number of aromatic nitrogens is 2. The molecule has 1 aliphatic heterocycles. The molecular formula is C19H24FN3O. The second-order valence-electron chi connectivity index (χ2n) is 6.44. The number of nitrogens with zero attached hydrogens (tertiary/aromatic N) is 3. The highest BCUT2D eigenvalue weighted by molar-refractivity contribution is 5.93. The predicted octanol–water partition coefficient (Wildman–Crippen LogP) is 3.36. The largest absolute Gasteiger partial charge is 0.334 e. The Balaban J connectivity index is 1.82. The molecule has 1 saturated heterocycles. The zero-order valence-corrected chi connectivity index (χ0v) is 14.3. The van der Waals surface area contributed by atoms with Crippen molar-refractivity contribution in [2.45, 2.75) is 45.1 Å². The summed E-state index contributed by atoms with van der Waals surface area (Å²) < 4.78 is 15.7. The van der Waals surface area contributed by atoms with Gasteiger partial charge < -0.3 is 4.90 Å². The molecule has 1 aliphatic rings. The van der Waals surface area contributed by atoms with Crippen molar-refractivity contribution < 1.29 is 9.18 Å². The van der Waals surface area contributed by atoms with Gasteiger partial charge in [-0.1, -0.05) is 25.1 Å². The highest BCUT2D eigenvalue weighted by Gasteiger charge is 2.29. The normalized spacial score (nSPS) is 18.0. The fraction of sp³-hybridized carbons (Fsp3) is 0.474. The highest BCUT2D eigenvalue weighted by atomic mass is 19.1. The van der Waals surface area contributed by atoms with Gasteiger partial charge in [-0.15, -0.1) is 0 Å². The Labute approximate surface area is 142 Å². The van der Waals surface area contributed by atoms with Crippen LogP contribution in [0.2, 0.25) is 0 Å². The number of carbonyl (C=O) groups is 1. The van der Waals surface area contributed by atoms with Crippen molar-refractivity contribution in [3.63, 3.8) is 0 Å². The zero-order chi connectivity index (χ0) is 17.1. The molecule has 128 valence electrons. The second kappa shape index (κ2) is 7.16. The van der Waals surface area contributed by atoms with Crippen LogP contribution in [-0.4, -0.2) is 33.2 Å². The summed E-state index contributed by atoms with van der Waals surface area (Å²) in [5.41, 5.74) is 2.22. The summed E-state index contributed by atoms with van der Waals surface area (Å²) in [6, 6.07) is 8.76. The van der Waals surface area contributed by atoms with E-state index in [1.54, 1.807) is 10.7 Å². The Morgan fingerprint density at radius 1 is 1.33 bits per heavy atom. The van der Waals surface area contributed by atoms with Gasteiger partial charge in [0.25, 0.3) is 5.91 Å². The molecule has 0 N–H and O–H groups in total. The van der Waals surface area contributed by atoms with Crippen molar-refractivity contribution in [3.8, 4) is 0 Å². The van der Waals surface area contributed by atoms with Crippen LogP contribution in [0, 0.1) is 5.82 Å². The summed E-state index contributed by atoms with van der Waals surface area (Å²) in [7, 11) is 1.81. The van der Waals surface area contributed by atoms with Crippen LogP contribution in [0.5, 0.6) is 0 Å². The van der Waals surface area contributed by atoms with E-state index in [1.165, 1.54) is 6.07 Å². The molecular weight excluding hydrogens is 305 g/mol. The molecule has 1 atom stereocenters. The second-order valence-corrected chi connectivity index (χ2v) is 6.44. The molecule has 3 rings (SSSR count). The van der Waals surface area contributed by atoms with Crippen molar-refractivity contribution in [1.82, 2.24) is 14.7 Å². The van der Waals surface area contributed by atoms with Gasteiger partial charge in [0.2, 0.25) is 0 Å². The molecule has 2 aromatic rings. The van der Waals surface area contributed by atoms with Crippen molar-refractivity contribution in [1.29, 1.82) is 0 Å². The standard InChI is InChI=1S/C19H24FN3O/c1-3-15-13-18(22(2)21-15)19(24)23-11-7-6-9-16(23)12-14-8-4-5-10-17(14)20/h4-5,8,10,13,16H,3,6-7,9,11-12H2,1-2H3. The summed E-state index contributed by atoms with van der Waals surface area (Å²) >= 11 is 0. The van der Waals surface area contributed by atoms with Crippen LogP contribution in [0.1, 0.15) is 47.9 Å². The van der Waals surface area contributed by atoms with Gasteiger partial charge >= 0.3 is 0 Å².